The van der Waals surface area contributed by atoms with Gasteiger partial charge in [0.1, 0.15) is 34.0 Å². The molecule has 0 fully saturated rings. The molecule has 0 saturated heterocycles. The molecule has 5 N–H and O–H groups in total. The van der Waals surface area contributed by atoms with E-state index in [0.29, 0.717) is 81.3 Å². The predicted octanol–water partition coefficient (Wildman–Crippen LogP) is 15.0. The van der Waals surface area contributed by atoms with Crippen LogP contribution < -0.4 is 32.4 Å². The molecule has 1 aliphatic carbocycles. The van der Waals surface area contributed by atoms with Crippen molar-refractivity contribution in [1.82, 2.24) is 44.0 Å². The Bertz CT molecular complexity index is 4950. The molecule has 466 valence electrons. The number of benzene rings is 6. The first kappa shape index (κ1) is 61.8. The van der Waals surface area contributed by atoms with E-state index in [9.17, 15) is 37.3 Å². The van der Waals surface area contributed by atoms with Crippen molar-refractivity contribution in [2.45, 2.75) is 64.5 Å². The van der Waals surface area contributed by atoms with Crippen LogP contribution in [0.4, 0.5) is 52.3 Å². The number of pyridine rings is 3. The maximum Gasteiger partial charge on any atom is 0.416 e. The Balaban J connectivity index is 0.000000134. The summed E-state index contributed by atoms with van der Waals surface area (Å²) < 4.78 is 56.5. The van der Waals surface area contributed by atoms with Gasteiger partial charge in [0.05, 0.1) is 61.7 Å². The highest BCUT2D eigenvalue weighted by atomic mass is 35.5. The molecule has 24 heteroatoms. The van der Waals surface area contributed by atoms with Crippen molar-refractivity contribution in [3.63, 3.8) is 0 Å². The Labute approximate surface area is 532 Å². The number of allylic oxidation sites excluding steroid dienone is 1. The molecule has 14 rings (SSSR count). The highest BCUT2D eigenvalue weighted by molar-refractivity contribution is 6.35. The van der Waals surface area contributed by atoms with E-state index in [2.05, 4.69) is 56.2 Å². The number of imidazole rings is 1. The number of aromatic nitrogens is 9. The quantitative estimate of drug-likeness (QED) is 0.0343. The molecular weight excluding hydrogens is 1210 g/mol. The SMILES string of the molecule is CC[C@H](Nc1nccc2[nH]cnc12)c1nc2cccc(F)c2c(=O)n1-c1ccccc1.C[C@H](Nc1nccc2c1N=CC2)c1cc2cccc(Cl)c2c(=O)n1-c1ccccc1.O=[N+]([O-])c1ccc(CNc2nc(NCc3cccc(C(F)(F)F)c3)nc3c2CC=C3)cc1. The lowest BCUT2D eigenvalue weighted by Crippen LogP contribution is -2.28. The van der Waals surface area contributed by atoms with Gasteiger partial charge in [0.25, 0.3) is 16.8 Å². The number of para-hydroxylation sites is 2. The average molecular weight is 1270 g/mol. The fourth-order valence-electron chi connectivity index (χ4n) is 11.0. The minimum atomic E-state index is -4.40. The Morgan fingerprint density at radius 3 is 2.17 bits per heavy atom. The standard InChI is InChI=1S/C24H19ClN4O.C23H19FN6O.C22H18F3N5O2/c1-15(28-23-22-16(10-12-26-22)11-13-27-23)20-14-17-6-5-9-19(25)21(17)24(30)29(20)18-7-3-2-4-8-18;1-2-16(28-21-20-18(11-12-25-21)26-13-27-20)22-29-17-10-6-9-15(24)19(17)23(31)30(22)14-7-4-3-5-8-14;23-22(24,25)16-4-1-3-15(11-16)13-27-21-28-19-6-2-5-18(19)20(29-21)26-12-14-7-9-17(10-8-14)30(31)32/h2-9,11-15H,10H2,1H3,(H,27,28);3-13,16H,2H2,1H3,(H,25,28)(H,26,27);1-4,6-11H,5,12-13H2,(H2,26,27,28,29)/t15-;16-;/m00./s1. The van der Waals surface area contributed by atoms with Crippen LogP contribution in [0, 0.1) is 15.9 Å². The molecule has 0 unspecified atom stereocenters. The Morgan fingerprint density at radius 1 is 0.710 bits per heavy atom. The van der Waals surface area contributed by atoms with Crippen LogP contribution in [0.3, 0.4) is 0 Å². The lowest BCUT2D eigenvalue weighted by molar-refractivity contribution is -0.384. The number of non-ortho nitro benzene ring substituents is 1. The van der Waals surface area contributed by atoms with Gasteiger partial charge in [-0.1, -0.05) is 103 Å². The minimum absolute atomic E-state index is 0.0157. The summed E-state index contributed by atoms with van der Waals surface area (Å²) >= 11 is 6.39. The number of nitro groups is 1. The van der Waals surface area contributed by atoms with Crippen LogP contribution in [0.5, 0.6) is 0 Å². The summed E-state index contributed by atoms with van der Waals surface area (Å²) in [5.74, 6) is 2.08. The average Bonchev–Trinajstić information content (AvgIpc) is 1.84. The number of halogens is 5. The summed E-state index contributed by atoms with van der Waals surface area (Å²) in [6, 6.07) is 45.3. The summed E-state index contributed by atoms with van der Waals surface area (Å²) in [5, 5.41) is 25.6. The molecule has 0 saturated carbocycles. The molecule has 2 atom stereocenters. The molecule has 2 aliphatic rings. The highest BCUT2D eigenvalue weighted by Gasteiger charge is 2.31. The molecule has 6 aromatic heterocycles. The number of nitro benzene ring substituents is 1. The topological polar surface area (TPSA) is 241 Å². The van der Waals surface area contributed by atoms with Crippen molar-refractivity contribution in [2.24, 2.45) is 4.99 Å². The van der Waals surface area contributed by atoms with Crippen LogP contribution in [-0.2, 0) is 32.1 Å². The molecule has 0 amide bonds. The number of nitrogens with one attached hydrogen (secondary N) is 5. The third-order valence-electron chi connectivity index (χ3n) is 15.6. The number of H-pyrrole nitrogens is 1. The molecule has 12 aromatic rings. The number of fused-ring (bicyclic) bond motifs is 5. The van der Waals surface area contributed by atoms with Gasteiger partial charge in [-0.2, -0.15) is 18.2 Å². The molecule has 0 spiro atoms. The molecule has 93 heavy (non-hydrogen) atoms. The lowest BCUT2D eigenvalue weighted by Gasteiger charge is -2.22. The van der Waals surface area contributed by atoms with Crippen molar-refractivity contribution in [2.75, 3.05) is 21.3 Å². The molecule has 0 radical (unpaired) electrons. The Morgan fingerprint density at radius 2 is 1.42 bits per heavy atom. The van der Waals surface area contributed by atoms with Crippen LogP contribution in [0.2, 0.25) is 5.02 Å². The van der Waals surface area contributed by atoms with Crippen LogP contribution in [0.15, 0.2) is 203 Å². The number of hydrogen-bond acceptors (Lipinski definition) is 15. The van der Waals surface area contributed by atoms with E-state index >= 15 is 0 Å². The van der Waals surface area contributed by atoms with Gasteiger partial charge in [0.15, 0.2) is 11.6 Å². The summed E-state index contributed by atoms with van der Waals surface area (Å²) in [4.78, 5) is 71.7. The van der Waals surface area contributed by atoms with E-state index in [1.165, 1.54) is 28.8 Å². The van der Waals surface area contributed by atoms with Gasteiger partial charge in [-0.25, -0.2) is 29.3 Å². The summed E-state index contributed by atoms with van der Waals surface area (Å²) in [7, 11) is 0. The van der Waals surface area contributed by atoms with Gasteiger partial charge < -0.3 is 26.3 Å². The van der Waals surface area contributed by atoms with Gasteiger partial charge in [-0.15, -0.1) is 0 Å². The first-order valence-corrected chi connectivity index (χ1v) is 29.9. The molecule has 1 aliphatic heterocycles. The molecule has 7 heterocycles. The summed E-state index contributed by atoms with van der Waals surface area (Å²) in [5.41, 5.74) is 7.76. The summed E-state index contributed by atoms with van der Waals surface area (Å²) in [6.45, 7) is 4.53. The van der Waals surface area contributed by atoms with E-state index in [0.717, 1.165) is 68.9 Å². The minimum Gasteiger partial charge on any atom is -0.366 e. The highest BCUT2D eigenvalue weighted by Crippen LogP contribution is 2.36. The number of rotatable bonds is 16. The van der Waals surface area contributed by atoms with Gasteiger partial charge in [0.2, 0.25) is 5.95 Å². The zero-order valence-corrected chi connectivity index (χ0v) is 50.5. The van der Waals surface area contributed by atoms with Crippen molar-refractivity contribution in [1.29, 1.82) is 0 Å². The predicted molar refractivity (Wildman–Crippen MR) is 354 cm³/mol. The first-order chi connectivity index (χ1) is 45.1. The molecule has 6 aromatic carbocycles. The fourth-order valence-corrected chi connectivity index (χ4v) is 11.3. The van der Waals surface area contributed by atoms with Crippen molar-refractivity contribution < 1.29 is 22.5 Å². The van der Waals surface area contributed by atoms with E-state index in [4.69, 9.17) is 16.6 Å². The number of alkyl halides is 3. The fraction of sp³-hybridized carbons (Fsp3) is 0.145. The second-order valence-electron chi connectivity index (χ2n) is 21.6. The Hall–Kier alpha value is -11.5. The largest absolute Gasteiger partial charge is 0.416 e. The number of nitrogens with zero attached hydrogens (tertiary/aromatic N) is 10. The van der Waals surface area contributed by atoms with Crippen LogP contribution in [-0.4, -0.2) is 55.2 Å². The maximum atomic E-state index is 14.6. The van der Waals surface area contributed by atoms with E-state index in [1.54, 1.807) is 71.8 Å². The van der Waals surface area contributed by atoms with Gasteiger partial charge in [-0.05, 0) is 121 Å². The molecular formula is C69H56ClF4N15O4. The molecule has 0 bridgehead atoms. The second kappa shape index (κ2) is 26.9. The van der Waals surface area contributed by atoms with Gasteiger partial charge >= 0.3 is 6.18 Å². The lowest BCUT2D eigenvalue weighted by atomic mass is 10.1. The Kier molecular flexibility index (Phi) is 17.9. The van der Waals surface area contributed by atoms with Gasteiger partial charge in [-0.3, -0.25) is 33.8 Å². The second-order valence-corrected chi connectivity index (χ2v) is 22.0. The third-order valence-corrected chi connectivity index (χ3v) is 15.9. The van der Waals surface area contributed by atoms with Crippen LogP contribution >= 0.6 is 11.6 Å². The first-order valence-electron chi connectivity index (χ1n) is 29.5. The number of aromatic amines is 1. The van der Waals surface area contributed by atoms with Crippen LogP contribution in [0.25, 0.3) is 50.2 Å². The van der Waals surface area contributed by atoms with Crippen LogP contribution in [0.1, 0.15) is 77.4 Å². The number of hydrogen-bond donors (Lipinski definition) is 5. The van der Waals surface area contributed by atoms with E-state index < -0.39 is 28.0 Å². The van der Waals surface area contributed by atoms with Crippen molar-refractivity contribution >= 4 is 91.4 Å². The van der Waals surface area contributed by atoms with Crippen molar-refractivity contribution in [3.8, 4) is 11.4 Å². The number of aliphatic imine (C=N–C) groups is 1. The smallest absolute Gasteiger partial charge is 0.366 e. The number of anilines is 4. The van der Waals surface area contributed by atoms with Gasteiger partial charge in [0, 0.05) is 67.2 Å². The molecule has 19 nitrogen and oxygen atoms in total. The zero-order valence-electron chi connectivity index (χ0n) is 49.7. The maximum absolute atomic E-state index is 14.6. The monoisotopic (exact) mass is 1270 g/mol. The summed E-state index contributed by atoms with van der Waals surface area (Å²) in [6.07, 6.45) is 8.46. The van der Waals surface area contributed by atoms with E-state index in [1.807, 2.05) is 111 Å². The zero-order chi connectivity index (χ0) is 64.8. The van der Waals surface area contributed by atoms with E-state index in [-0.39, 0.29) is 35.3 Å². The van der Waals surface area contributed by atoms with Crippen molar-refractivity contribution in [3.05, 3.63) is 275 Å². The third kappa shape index (κ3) is 13.4. The normalized spacial score (nSPS) is 12.7.